The summed E-state index contributed by atoms with van der Waals surface area (Å²) in [6, 6.07) is 10.6. The molecular weight excluding hydrogens is 342 g/mol. The van der Waals surface area contributed by atoms with E-state index < -0.39 is 0 Å². The van der Waals surface area contributed by atoms with Crippen LogP contribution in [0.4, 0.5) is 0 Å². The molecule has 3 heteroatoms. The van der Waals surface area contributed by atoms with Crippen LogP contribution >= 0.6 is 31.9 Å². The molecule has 1 aromatic carbocycles. The van der Waals surface area contributed by atoms with Crippen molar-refractivity contribution in [3.05, 3.63) is 63.9 Å². The van der Waals surface area contributed by atoms with E-state index in [-0.39, 0.29) is 0 Å². The summed E-state index contributed by atoms with van der Waals surface area (Å²) in [5.74, 6) is 0. The van der Waals surface area contributed by atoms with E-state index in [1.165, 1.54) is 16.7 Å². The van der Waals surface area contributed by atoms with Gasteiger partial charge in [-0.25, -0.2) is 0 Å². The Balaban J connectivity index is 2.14. The lowest BCUT2D eigenvalue weighted by Gasteiger charge is -2.11. The van der Waals surface area contributed by atoms with Gasteiger partial charge in [-0.05, 0) is 48.2 Å². The normalized spacial score (nSPS) is 12.4. The molecule has 0 aliphatic carbocycles. The Bertz CT molecular complexity index is 497. The van der Waals surface area contributed by atoms with E-state index in [0.29, 0.717) is 4.83 Å². The summed E-state index contributed by atoms with van der Waals surface area (Å²) in [7, 11) is 0. The second-order valence-corrected chi connectivity index (χ2v) is 6.00. The number of pyridine rings is 1. The first kappa shape index (κ1) is 12.8. The monoisotopic (exact) mass is 353 g/mol. The highest BCUT2D eigenvalue weighted by Crippen LogP contribution is 2.29. The molecule has 0 fully saturated rings. The number of rotatable bonds is 3. The highest BCUT2D eigenvalue weighted by molar-refractivity contribution is 9.10. The van der Waals surface area contributed by atoms with Crippen LogP contribution in [-0.2, 0) is 6.42 Å². The van der Waals surface area contributed by atoms with Crippen molar-refractivity contribution in [3.63, 3.8) is 0 Å². The van der Waals surface area contributed by atoms with Crippen LogP contribution < -0.4 is 0 Å². The molecule has 1 unspecified atom stereocenters. The number of aromatic nitrogens is 1. The molecule has 0 aliphatic heterocycles. The highest BCUT2D eigenvalue weighted by Gasteiger charge is 2.09. The molecule has 1 heterocycles. The molecule has 0 saturated heterocycles. The molecule has 17 heavy (non-hydrogen) atoms. The highest BCUT2D eigenvalue weighted by atomic mass is 79.9. The van der Waals surface area contributed by atoms with Gasteiger partial charge in [0.1, 0.15) is 0 Å². The molecule has 0 amide bonds. The summed E-state index contributed by atoms with van der Waals surface area (Å²) >= 11 is 7.27. The second-order valence-electron chi connectivity index (χ2n) is 4.04. The number of nitrogens with zero attached hydrogens (tertiary/aromatic N) is 1. The molecule has 2 aromatic rings. The van der Waals surface area contributed by atoms with Crippen molar-refractivity contribution in [2.24, 2.45) is 0 Å². The van der Waals surface area contributed by atoms with E-state index in [9.17, 15) is 0 Å². The maximum absolute atomic E-state index is 4.03. The topological polar surface area (TPSA) is 12.9 Å². The van der Waals surface area contributed by atoms with E-state index in [2.05, 4.69) is 74.1 Å². The zero-order chi connectivity index (χ0) is 12.3. The lowest BCUT2D eigenvalue weighted by atomic mass is 10.0. The van der Waals surface area contributed by atoms with Gasteiger partial charge in [0.15, 0.2) is 0 Å². The van der Waals surface area contributed by atoms with Crippen molar-refractivity contribution in [2.45, 2.75) is 18.2 Å². The minimum atomic E-state index is 0.344. The second kappa shape index (κ2) is 5.78. The minimum Gasteiger partial charge on any atom is -0.265 e. The number of alkyl halides is 1. The molecule has 1 aromatic heterocycles. The molecular formula is C14H13Br2N. The summed E-state index contributed by atoms with van der Waals surface area (Å²) in [6.45, 7) is 2.11. The fraction of sp³-hybridized carbons (Fsp3) is 0.214. The van der Waals surface area contributed by atoms with E-state index in [0.717, 1.165) is 10.9 Å². The van der Waals surface area contributed by atoms with Crippen molar-refractivity contribution in [1.29, 1.82) is 0 Å². The van der Waals surface area contributed by atoms with Gasteiger partial charge in [-0.1, -0.05) is 44.0 Å². The average molecular weight is 355 g/mol. The van der Waals surface area contributed by atoms with E-state index in [1.807, 2.05) is 12.4 Å². The molecule has 0 spiro atoms. The van der Waals surface area contributed by atoms with Gasteiger partial charge in [0.25, 0.3) is 0 Å². The molecule has 1 atom stereocenters. The molecule has 0 N–H and O–H groups in total. The molecule has 0 radical (unpaired) electrons. The molecule has 1 nitrogen and oxygen atoms in total. The van der Waals surface area contributed by atoms with Crippen LogP contribution in [0, 0.1) is 6.92 Å². The summed E-state index contributed by atoms with van der Waals surface area (Å²) in [4.78, 5) is 4.37. The van der Waals surface area contributed by atoms with Gasteiger partial charge in [-0.3, -0.25) is 4.98 Å². The molecule has 0 aliphatic rings. The largest absolute Gasteiger partial charge is 0.265 e. The van der Waals surface area contributed by atoms with Crippen molar-refractivity contribution in [1.82, 2.24) is 4.98 Å². The Kier molecular flexibility index (Phi) is 4.35. The van der Waals surface area contributed by atoms with Gasteiger partial charge in [0.2, 0.25) is 0 Å². The van der Waals surface area contributed by atoms with Gasteiger partial charge in [0.05, 0.1) is 0 Å². The maximum atomic E-state index is 4.03. The molecule has 0 bridgehead atoms. The van der Waals surface area contributed by atoms with Gasteiger partial charge in [0, 0.05) is 21.7 Å². The summed E-state index contributed by atoms with van der Waals surface area (Å²) in [6.07, 6.45) is 4.65. The SMILES string of the molecule is Cc1cc(C(Br)Cc2ccncc2)ccc1Br. The van der Waals surface area contributed by atoms with Crippen LogP contribution in [0.3, 0.4) is 0 Å². The maximum Gasteiger partial charge on any atom is 0.0435 e. The Morgan fingerprint density at radius 3 is 2.53 bits per heavy atom. The van der Waals surface area contributed by atoms with Gasteiger partial charge < -0.3 is 0 Å². The van der Waals surface area contributed by atoms with Crippen LogP contribution in [0.1, 0.15) is 21.5 Å². The predicted molar refractivity (Wildman–Crippen MR) is 78.5 cm³/mol. The van der Waals surface area contributed by atoms with Gasteiger partial charge in [-0.2, -0.15) is 0 Å². The quantitative estimate of drug-likeness (QED) is 0.719. The standard InChI is InChI=1S/C14H13Br2N/c1-10-8-12(2-3-13(10)15)14(16)9-11-4-6-17-7-5-11/h2-8,14H,9H2,1H3. The van der Waals surface area contributed by atoms with E-state index >= 15 is 0 Å². The number of benzene rings is 1. The summed E-state index contributed by atoms with van der Waals surface area (Å²) in [5, 5.41) is 0. The van der Waals surface area contributed by atoms with Crippen molar-refractivity contribution < 1.29 is 0 Å². The first-order valence-corrected chi connectivity index (χ1v) is 7.16. The summed E-state index contributed by atoms with van der Waals surface area (Å²) < 4.78 is 1.16. The third-order valence-electron chi connectivity index (χ3n) is 2.71. The average Bonchev–Trinajstić information content (AvgIpc) is 2.34. The van der Waals surface area contributed by atoms with Crippen LogP contribution in [-0.4, -0.2) is 4.98 Å². The lowest BCUT2D eigenvalue weighted by molar-refractivity contribution is 0.942. The minimum absolute atomic E-state index is 0.344. The molecule has 2 rings (SSSR count). The van der Waals surface area contributed by atoms with Crippen molar-refractivity contribution in [2.75, 3.05) is 0 Å². The third kappa shape index (κ3) is 3.39. The Labute approximate surface area is 119 Å². The predicted octanol–water partition coefficient (Wildman–Crippen LogP) is 4.83. The van der Waals surface area contributed by atoms with Crippen LogP contribution in [0.2, 0.25) is 0 Å². The number of hydrogen-bond donors (Lipinski definition) is 0. The van der Waals surface area contributed by atoms with E-state index in [1.54, 1.807) is 0 Å². The lowest BCUT2D eigenvalue weighted by Crippen LogP contribution is -1.96. The smallest absolute Gasteiger partial charge is 0.0435 e. The van der Waals surface area contributed by atoms with Gasteiger partial charge in [-0.15, -0.1) is 0 Å². The third-order valence-corrected chi connectivity index (χ3v) is 4.45. The van der Waals surface area contributed by atoms with Crippen LogP contribution in [0.5, 0.6) is 0 Å². The zero-order valence-corrected chi connectivity index (χ0v) is 12.7. The first-order chi connectivity index (χ1) is 8.16. The fourth-order valence-electron chi connectivity index (χ4n) is 1.71. The van der Waals surface area contributed by atoms with Crippen molar-refractivity contribution in [3.8, 4) is 0 Å². The summed E-state index contributed by atoms with van der Waals surface area (Å²) in [5.41, 5.74) is 3.87. The van der Waals surface area contributed by atoms with Crippen LogP contribution in [0.25, 0.3) is 0 Å². The van der Waals surface area contributed by atoms with Crippen LogP contribution in [0.15, 0.2) is 47.2 Å². The van der Waals surface area contributed by atoms with E-state index in [4.69, 9.17) is 0 Å². The first-order valence-electron chi connectivity index (χ1n) is 5.46. The number of aryl methyl sites for hydroxylation is 1. The number of hydrogen-bond acceptors (Lipinski definition) is 1. The van der Waals surface area contributed by atoms with Gasteiger partial charge >= 0.3 is 0 Å². The Hall–Kier alpha value is -0.670. The fourth-order valence-corrected chi connectivity index (χ4v) is 2.61. The van der Waals surface area contributed by atoms with Crippen molar-refractivity contribution >= 4 is 31.9 Å². The zero-order valence-electron chi connectivity index (χ0n) is 9.53. The Morgan fingerprint density at radius 1 is 1.18 bits per heavy atom. The molecule has 0 saturated carbocycles. The number of halogens is 2. The Morgan fingerprint density at radius 2 is 1.88 bits per heavy atom. The molecule has 88 valence electrons.